The third kappa shape index (κ3) is 2.71. The molecule has 1 unspecified atom stereocenters. The van der Waals surface area contributed by atoms with Gasteiger partial charge in [0.2, 0.25) is 0 Å². The highest BCUT2D eigenvalue weighted by Crippen LogP contribution is 2.41. The standard InChI is InChI=1S/C19H14ClN5O2/c1-22-15-7-24-19-16(17(15)25-8-11(25)9-26)13(6-23-19)18(27)12-3-2-10(5-21)4-14(12)20/h2-4,6-7,9,11,22H,8H2,1H3,(H,23,24). The van der Waals surface area contributed by atoms with Gasteiger partial charge in [-0.3, -0.25) is 4.79 Å². The Morgan fingerprint density at radius 2 is 2.30 bits per heavy atom. The molecular formula is C19H14ClN5O2. The number of aldehydes is 1. The first-order valence-electron chi connectivity index (χ1n) is 8.23. The van der Waals surface area contributed by atoms with Gasteiger partial charge in [-0.15, -0.1) is 0 Å². The molecule has 8 heteroatoms. The fourth-order valence-corrected chi connectivity index (χ4v) is 3.45. The van der Waals surface area contributed by atoms with E-state index in [0.717, 1.165) is 17.7 Å². The van der Waals surface area contributed by atoms with Gasteiger partial charge in [0.05, 0.1) is 45.2 Å². The van der Waals surface area contributed by atoms with E-state index in [1.54, 1.807) is 31.6 Å². The Kier molecular flexibility index (Phi) is 4.05. The zero-order valence-electron chi connectivity index (χ0n) is 14.3. The van der Waals surface area contributed by atoms with Crippen molar-refractivity contribution in [3.05, 3.63) is 52.3 Å². The number of pyridine rings is 1. The molecule has 27 heavy (non-hydrogen) atoms. The SMILES string of the molecule is CNc1cnc2[nH]cc(C(=O)c3ccc(C#N)cc3Cl)c2c1N1CC1C=O. The summed E-state index contributed by atoms with van der Waals surface area (Å²) in [6.45, 7) is 0.591. The van der Waals surface area contributed by atoms with Crippen molar-refractivity contribution in [1.82, 2.24) is 9.97 Å². The van der Waals surface area contributed by atoms with Crippen molar-refractivity contribution in [3.63, 3.8) is 0 Å². The Morgan fingerprint density at radius 1 is 1.48 bits per heavy atom. The van der Waals surface area contributed by atoms with Crippen molar-refractivity contribution in [1.29, 1.82) is 5.26 Å². The van der Waals surface area contributed by atoms with Crippen LogP contribution in [-0.2, 0) is 4.79 Å². The first kappa shape index (κ1) is 17.1. The van der Waals surface area contributed by atoms with E-state index in [2.05, 4.69) is 15.3 Å². The summed E-state index contributed by atoms with van der Waals surface area (Å²) < 4.78 is 0. The van der Waals surface area contributed by atoms with E-state index >= 15 is 0 Å². The van der Waals surface area contributed by atoms with Crippen molar-refractivity contribution in [2.24, 2.45) is 0 Å². The fraction of sp³-hybridized carbons (Fsp3) is 0.158. The maximum absolute atomic E-state index is 13.2. The van der Waals surface area contributed by atoms with Crippen molar-refractivity contribution in [3.8, 4) is 6.07 Å². The fourth-order valence-electron chi connectivity index (χ4n) is 3.18. The van der Waals surface area contributed by atoms with Gasteiger partial charge >= 0.3 is 0 Å². The molecule has 1 fully saturated rings. The van der Waals surface area contributed by atoms with Crippen LogP contribution in [0.5, 0.6) is 0 Å². The largest absolute Gasteiger partial charge is 0.385 e. The van der Waals surface area contributed by atoms with Crippen molar-refractivity contribution in [2.75, 3.05) is 23.8 Å². The van der Waals surface area contributed by atoms with E-state index in [9.17, 15) is 9.59 Å². The van der Waals surface area contributed by atoms with Crippen LogP contribution >= 0.6 is 11.6 Å². The molecule has 0 spiro atoms. The predicted octanol–water partition coefficient (Wildman–Crippen LogP) is 2.75. The summed E-state index contributed by atoms with van der Waals surface area (Å²) in [4.78, 5) is 33.6. The number of hydrogen-bond donors (Lipinski definition) is 2. The topological polar surface area (TPSA) is 102 Å². The van der Waals surface area contributed by atoms with Crippen LogP contribution in [0.2, 0.25) is 5.02 Å². The molecule has 4 rings (SSSR count). The van der Waals surface area contributed by atoms with Gasteiger partial charge in [0.25, 0.3) is 0 Å². The molecule has 2 aromatic heterocycles. The smallest absolute Gasteiger partial charge is 0.196 e. The number of nitriles is 1. The van der Waals surface area contributed by atoms with Crippen LogP contribution in [0.4, 0.5) is 11.4 Å². The van der Waals surface area contributed by atoms with E-state index < -0.39 is 0 Å². The number of aromatic amines is 1. The molecule has 1 atom stereocenters. The van der Waals surface area contributed by atoms with Crippen molar-refractivity contribution >= 4 is 46.1 Å². The highest BCUT2D eigenvalue weighted by molar-refractivity contribution is 6.36. The quantitative estimate of drug-likeness (QED) is 0.401. The summed E-state index contributed by atoms with van der Waals surface area (Å²) >= 11 is 6.22. The number of H-pyrrole nitrogens is 1. The molecule has 1 aliphatic heterocycles. The third-order valence-corrected chi connectivity index (χ3v) is 4.94. The van der Waals surface area contributed by atoms with Crippen LogP contribution in [0.3, 0.4) is 0 Å². The molecule has 0 bridgehead atoms. The molecule has 0 aliphatic carbocycles. The summed E-state index contributed by atoms with van der Waals surface area (Å²) in [5.41, 5.74) is 3.13. The van der Waals surface area contributed by atoms with Crippen LogP contribution < -0.4 is 10.2 Å². The van der Waals surface area contributed by atoms with Gasteiger partial charge in [-0.2, -0.15) is 5.26 Å². The Balaban J connectivity index is 1.89. The van der Waals surface area contributed by atoms with Crippen molar-refractivity contribution in [2.45, 2.75) is 6.04 Å². The average molecular weight is 380 g/mol. The highest BCUT2D eigenvalue weighted by Gasteiger charge is 2.38. The lowest BCUT2D eigenvalue weighted by Gasteiger charge is -2.13. The summed E-state index contributed by atoms with van der Waals surface area (Å²) in [7, 11) is 1.76. The summed E-state index contributed by atoms with van der Waals surface area (Å²) in [6.07, 6.45) is 4.14. The number of carbonyl (C=O) groups excluding carboxylic acids is 2. The zero-order chi connectivity index (χ0) is 19.1. The lowest BCUT2D eigenvalue weighted by Crippen LogP contribution is -2.07. The Morgan fingerprint density at radius 3 is 2.93 bits per heavy atom. The second-order valence-electron chi connectivity index (χ2n) is 6.19. The molecular weight excluding hydrogens is 366 g/mol. The molecule has 0 saturated carbocycles. The van der Waals surface area contributed by atoms with E-state index in [1.807, 2.05) is 11.0 Å². The van der Waals surface area contributed by atoms with Gasteiger partial charge < -0.3 is 20.0 Å². The maximum atomic E-state index is 13.2. The van der Waals surface area contributed by atoms with Crippen LogP contribution in [0.1, 0.15) is 21.5 Å². The highest BCUT2D eigenvalue weighted by atomic mass is 35.5. The molecule has 7 nitrogen and oxygen atoms in total. The second-order valence-corrected chi connectivity index (χ2v) is 6.59. The van der Waals surface area contributed by atoms with Gasteiger partial charge in [-0.1, -0.05) is 11.6 Å². The molecule has 1 saturated heterocycles. The number of rotatable bonds is 5. The molecule has 3 heterocycles. The number of nitrogens with zero attached hydrogens (tertiary/aromatic N) is 3. The normalized spacial score (nSPS) is 15.4. The van der Waals surface area contributed by atoms with Crippen LogP contribution in [0.25, 0.3) is 11.0 Å². The third-order valence-electron chi connectivity index (χ3n) is 4.63. The van der Waals surface area contributed by atoms with E-state index in [1.165, 1.54) is 6.07 Å². The Bertz CT molecular complexity index is 1130. The summed E-state index contributed by atoms with van der Waals surface area (Å²) in [5, 5.41) is 12.9. The Hall–Kier alpha value is -3.37. The summed E-state index contributed by atoms with van der Waals surface area (Å²) in [5.74, 6) is -0.281. The number of nitrogens with one attached hydrogen (secondary N) is 2. The van der Waals surface area contributed by atoms with Gasteiger partial charge in [-0.25, -0.2) is 4.98 Å². The van der Waals surface area contributed by atoms with Gasteiger partial charge in [0, 0.05) is 25.4 Å². The van der Waals surface area contributed by atoms with Gasteiger partial charge in [0.15, 0.2) is 5.78 Å². The molecule has 134 valence electrons. The number of aromatic nitrogens is 2. The van der Waals surface area contributed by atoms with Crippen LogP contribution in [0.15, 0.2) is 30.6 Å². The maximum Gasteiger partial charge on any atom is 0.196 e. The number of carbonyl (C=O) groups is 2. The average Bonchev–Trinajstić information content (AvgIpc) is 3.35. The lowest BCUT2D eigenvalue weighted by molar-refractivity contribution is -0.107. The molecule has 2 N–H and O–H groups in total. The number of halogens is 1. The molecule has 3 aromatic rings. The monoisotopic (exact) mass is 379 g/mol. The van der Waals surface area contributed by atoms with E-state index in [0.29, 0.717) is 34.3 Å². The number of anilines is 2. The second kappa shape index (κ2) is 6.41. The molecule has 1 aromatic carbocycles. The minimum atomic E-state index is -0.281. The zero-order valence-corrected chi connectivity index (χ0v) is 15.0. The molecule has 1 aliphatic rings. The number of hydrogen-bond acceptors (Lipinski definition) is 6. The van der Waals surface area contributed by atoms with Crippen molar-refractivity contribution < 1.29 is 9.59 Å². The number of ketones is 1. The Labute approximate surface area is 159 Å². The first-order chi connectivity index (χ1) is 13.1. The molecule has 0 amide bonds. The minimum absolute atomic E-state index is 0.209. The number of benzene rings is 1. The minimum Gasteiger partial charge on any atom is -0.385 e. The number of fused-ring (bicyclic) bond motifs is 1. The van der Waals surface area contributed by atoms with E-state index in [4.69, 9.17) is 16.9 Å². The van der Waals surface area contributed by atoms with Crippen LogP contribution in [0, 0.1) is 11.3 Å². The first-order valence-corrected chi connectivity index (χ1v) is 8.61. The van der Waals surface area contributed by atoms with Gasteiger partial charge in [-0.05, 0) is 18.2 Å². The van der Waals surface area contributed by atoms with Gasteiger partial charge in [0.1, 0.15) is 18.0 Å². The predicted molar refractivity (Wildman–Crippen MR) is 102 cm³/mol. The van der Waals surface area contributed by atoms with E-state index in [-0.39, 0.29) is 16.8 Å². The molecule has 0 radical (unpaired) electrons. The van der Waals surface area contributed by atoms with Crippen LogP contribution in [-0.4, -0.2) is 41.7 Å². The summed E-state index contributed by atoms with van der Waals surface area (Å²) in [6, 6.07) is 6.35. The lowest BCUT2D eigenvalue weighted by atomic mass is 10.0.